The summed E-state index contributed by atoms with van der Waals surface area (Å²) in [5.74, 6) is 0. The molecule has 1 aromatic heterocycles. The van der Waals surface area contributed by atoms with Gasteiger partial charge < -0.3 is 5.32 Å². The van der Waals surface area contributed by atoms with Crippen molar-refractivity contribution in [3.05, 3.63) is 42.1 Å². The van der Waals surface area contributed by atoms with Crippen molar-refractivity contribution in [2.75, 3.05) is 6.54 Å². The average Bonchev–Trinajstić information content (AvgIpc) is 2.15. The van der Waals surface area contributed by atoms with E-state index in [-0.39, 0.29) is 12.4 Å². The van der Waals surface area contributed by atoms with E-state index in [1.807, 2.05) is 12.1 Å². The smallest absolute Gasteiger partial charge is 0.0706 e. The molecule has 0 bridgehead atoms. The molecule has 1 saturated heterocycles. The minimum Gasteiger partial charge on any atom is -0.309 e. The Labute approximate surface area is 95.1 Å². The highest BCUT2D eigenvalue weighted by Gasteiger charge is 2.19. The zero-order valence-corrected chi connectivity index (χ0v) is 9.13. The number of aromatic nitrogens is 1. The average molecular weight is 221 g/mol. The van der Waals surface area contributed by atoms with Crippen LogP contribution >= 0.6 is 12.4 Å². The SMILES string of the molecule is Cl.c1ccc2nc([C@@H]3CCN3)ccc2c1. The lowest BCUT2D eigenvalue weighted by Gasteiger charge is -2.27. The molecule has 1 N–H and O–H groups in total. The van der Waals surface area contributed by atoms with Gasteiger partial charge in [0.05, 0.1) is 17.3 Å². The van der Waals surface area contributed by atoms with Gasteiger partial charge in [-0.15, -0.1) is 12.4 Å². The molecule has 2 aromatic rings. The molecular formula is C12H13ClN2. The Bertz CT molecular complexity index is 466. The van der Waals surface area contributed by atoms with Gasteiger partial charge in [0.2, 0.25) is 0 Å². The summed E-state index contributed by atoms with van der Waals surface area (Å²) in [4.78, 5) is 4.63. The van der Waals surface area contributed by atoms with Crippen LogP contribution in [-0.4, -0.2) is 11.5 Å². The first kappa shape index (κ1) is 10.4. The van der Waals surface area contributed by atoms with Crippen molar-refractivity contribution < 1.29 is 0 Å². The maximum atomic E-state index is 4.63. The summed E-state index contributed by atoms with van der Waals surface area (Å²) >= 11 is 0. The fourth-order valence-corrected chi connectivity index (χ4v) is 1.82. The van der Waals surface area contributed by atoms with Crippen molar-refractivity contribution in [2.24, 2.45) is 0 Å². The second-order valence-corrected chi connectivity index (χ2v) is 3.72. The Hall–Kier alpha value is -1.12. The van der Waals surface area contributed by atoms with Crippen LogP contribution < -0.4 is 5.32 Å². The van der Waals surface area contributed by atoms with Gasteiger partial charge in [-0.2, -0.15) is 0 Å². The fraction of sp³-hybridized carbons (Fsp3) is 0.250. The lowest BCUT2D eigenvalue weighted by Crippen LogP contribution is -2.35. The van der Waals surface area contributed by atoms with Gasteiger partial charge in [-0.25, -0.2) is 0 Å². The lowest BCUT2D eigenvalue weighted by molar-refractivity contribution is 0.376. The van der Waals surface area contributed by atoms with Crippen LogP contribution in [0.4, 0.5) is 0 Å². The quantitative estimate of drug-likeness (QED) is 0.800. The van der Waals surface area contributed by atoms with Gasteiger partial charge in [-0.05, 0) is 25.1 Å². The van der Waals surface area contributed by atoms with E-state index in [0.29, 0.717) is 6.04 Å². The number of rotatable bonds is 1. The number of benzene rings is 1. The predicted molar refractivity (Wildman–Crippen MR) is 64.4 cm³/mol. The maximum absolute atomic E-state index is 4.63. The van der Waals surface area contributed by atoms with Crippen molar-refractivity contribution in [3.63, 3.8) is 0 Å². The molecule has 0 saturated carbocycles. The number of nitrogens with zero attached hydrogens (tertiary/aromatic N) is 1. The highest BCUT2D eigenvalue weighted by atomic mass is 35.5. The molecule has 1 fully saturated rings. The van der Waals surface area contributed by atoms with Crippen molar-refractivity contribution in [1.29, 1.82) is 0 Å². The van der Waals surface area contributed by atoms with Crippen LogP contribution in [0.25, 0.3) is 10.9 Å². The topological polar surface area (TPSA) is 24.9 Å². The number of hydrogen-bond acceptors (Lipinski definition) is 2. The summed E-state index contributed by atoms with van der Waals surface area (Å²) in [7, 11) is 0. The molecule has 15 heavy (non-hydrogen) atoms. The summed E-state index contributed by atoms with van der Waals surface area (Å²) in [6, 6.07) is 13.0. The van der Waals surface area contributed by atoms with Crippen molar-refractivity contribution in [3.8, 4) is 0 Å². The van der Waals surface area contributed by atoms with Crippen LogP contribution in [0.5, 0.6) is 0 Å². The first-order valence-electron chi connectivity index (χ1n) is 5.02. The Morgan fingerprint density at radius 3 is 2.67 bits per heavy atom. The number of hydrogen-bond donors (Lipinski definition) is 1. The lowest BCUT2D eigenvalue weighted by atomic mass is 10.0. The van der Waals surface area contributed by atoms with E-state index in [4.69, 9.17) is 0 Å². The van der Waals surface area contributed by atoms with E-state index in [1.54, 1.807) is 0 Å². The molecule has 0 unspecified atom stereocenters. The molecule has 0 radical (unpaired) electrons. The van der Waals surface area contributed by atoms with Crippen LogP contribution in [0.3, 0.4) is 0 Å². The summed E-state index contributed by atoms with van der Waals surface area (Å²) in [6.07, 6.45) is 1.21. The van der Waals surface area contributed by atoms with E-state index in [9.17, 15) is 0 Å². The molecule has 1 aromatic carbocycles. The van der Waals surface area contributed by atoms with Crippen LogP contribution in [0, 0.1) is 0 Å². The van der Waals surface area contributed by atoms with Gasteiger partial charge in [0.1, 0.15) is 0 Å². The summed E-state index contributed by atoms with van der Waals surface area (Å²) < 4.78 is 0. The fourth-order valence-electron chi connectivity index (χ4n) is 1.82. The zero-order chi connectivity index (χ0) is 9.38. The van der Waals surface area contributed by atoms with E-state index in [2.05, 4.69) is 34.6 Å². The number of pyridine rings is 1. The maximum Gasteiger partial charge on any atom is 0.0706 e. The molecule has 78 valence electrons. The van der Waals surface area contributed by atoms with Gasteiger partial charge in [0.15, 0.2) is 0 Å². The minimum atomic E-state index is 0. The van der Waals surface area contributed by atoms with Crippen molar-refractivity contribution in [2.45, 2.75) is 12.5 Å². The molecule has 0 amide bonds. The van der Waals surface area contributed by atoms with Crippen LogP contribution in [0.1, 0.15) is 18.2 Å². The molecule has 2 nitrogen and oxygen atoms in total. The van der Waals surface area contributed by atoms with Gasteiger partial charge in [-0.1, -0.05) is 24.3 Å². The van der Waals surface area contributed by atoms with Crippen LogP contribution in [0.2, 0.25) is 0 Å². The third-order valence-corrected chi connectivity index (χ3v) is 2.80. The molecule has 0 aliphatic carbocycles. The Kier molecular flexibility index (Phi) is 2.89. The van der Waals surface area contributed by atoms with Gasteiger partial charge >= 0.3 is 0 Å². The largest absolute Gasteiger partial charge is 0.309 e. The van der Waals surface area contributed by atoms with E-state index in [0.717, 1.165) is 12.1 Å². The Balaban J connectivity index is 0.000000853. The summed E-state index contributed by atoms with van der Waals surface area (Å²) in [6.45, 7) is 1.12. The second-order valence-electron chi connectivity index (χ2n) is 3.72. The van der Waals surface area contributed by atoms with Gasteiger partial charge in [-0.3, -0.25) is 4.98 Å². The molecule has 1 atom stereocenters. The number of halogens is 1. The summed E-state index contributed by atoms with van der Waals surface area (Å²) in [5, 5.41) is 4.58. The van der Waals surface area contributed by atoms with Crippen molar-refractivity contribution >= 4 is 23.3 Å². The number of para-hydroxylation sites is 1. The third kappa shape index (κ3) is 1.83. The number of nitrogens with one attached hydrogen (secondary N) is 1. The summed E-state index contributed by atoms with van der Waals surface area (Å²) in [5.41, 5.74) is 2.27. The predicted octanol–water partition coefficient (Wildman–Crippen LogP) is 2.69. The zero-order valence-electron chi connectivity index (χ0n) is 8.31. The first-order chi connectivity index (χ1) is 6.93. The molecule has 1 aliphatic heterocycles. The second kappa shape index (κ2) is 4.17. The molecule has 2 heterocycles. The third-order valence-electron chi connectivity index (χ3n) is 2.80. The normalized spacial score (nSPS) is 19.3. The standard InChI is InChI=1S/C12H12N2.ClH/c1-2-4-10-9(3-1)5-6-12(14-10)11-7-8-13-11;/h1-6,11,13H,7-8H2;1H/t11-;/m0./s1. The van der Waals surface area contributed by atoms with E-state index >= 15 is 0 Å². The number of fused-ring (bicyclic) bond motifs is 1. The Morgan fingerprint density at radius 2 is 1.93 bits per heavy atom. The van der Waals surface area contributed by atoms with Gasteiger partial charge in [0.25, 0.3) is 0 Å². The molecule has 3 rings (SSSR count). The van der Waals surface area contributed by atoms with Crippen LogP contribution in [-0.2, 0) is 0 Å². The molecule has 1 aliphatic rings. The molecule has 0 spiro atoms. The van der Waals surface area contributed by atoms with E-state index < -0.39 is 0 Å². The van der Waals surface area contributed by atoms with Gasteiger partial charge in [0, 0.05) is 5.39 Å². The van der Waals surface area contributed by atoms with Crippen LogP contribution in [0.15, 0.2) is 36.4 Å². The van der Waals surface area contributed by atoms with Crippen molar-refractivity contribution in [1.82, 2.24) is 10.3 Å². The monoisotopic (exact) mass is 220 g/mol. The van der Waals surface area contributed by atoms with E-state index in [1.165, 1.54) is 17.5 Å². The first-order valence-corrected chi connectivity index (χ1v) is 5.02. The Morgan fingerprint density at radius 1 is 1.13 bits per heavy atom. The highest BCUT2D eigenvalue weighted by Crippen LogP contribution is 2.22. The molecule has 3 heteroatoms. The highest BCUT2D eigenvalue weighted by molar-refractivity contribution is 5.85. The molecular weight excluding hydrogens is 208 g/mol. The minimum absolute atomic E-state index is 0.